The maximum absolute atomic E-state index is 14.1. The molecule has 2 atom stereocenters. The van der Waals surface area contributed by atoms with Crippen LogP contribution in [0, 0.1) is 11.7 Å². The van der Waals surface area contributed by atoms with Gasteiger partial charge in [-0.3, -0.25) is 0 Å². The molecule has 0 saturated heterocycles. The monoisotopic (exact) mass is 255 g/mol. The van der Waals surface area contributed by atoms with Crippen molar-refractivity contribution in [2.45, 2.75) is 32.1 Å². The highest BCUT2D eigenvalue weighted by molar-refractivity contribution is 6.30. The highest BCUT2D eigenvalue weighted by Crippen LogP contribution is 2.56. The molecule has 1 N–H and O–H groups in total. The first-order chi connectivity index (χ1) is 8.15. The van der Waals surface area contributed by atoms with Crippen LogP contribution in [0.15, 0.2) is 18.2 Å². The fraction of sp³-hybridized carbons (Fsp3) is 0.571. The fourth-order valence-electron chi connectivity index (χ4n) is 2.79. The molecule has 94 valence electrons. The lowest BCUT2D eigenvalue weighted by Crippen LogP contribution is -2.29. The first-order valence-corrected chi connectivity index (χ1v) is 6.68. The summed E-state index contributed by atoms with van der Waals surface area (Å²) in [4.78, 5) is 0. The molecule has 1 aliphatic rings. The number of nitrogens with one attached hydrogen (secondary N) is 1. The largest absolute Gasteiger partial charge is 0.316 e. The van der Waals surface area contributed by atoms with E-state index in [1.54, 1.807) is 6.07 Å². The third-order valence-electron chi connectivity index (χ3n) is 3.90. The van der Waals surface area contributed by atoms with Gasteiger partial charge in [0, 0.05) is 12.0 Å². The molecule has 3 heteroatoms. The van der Waals surface area contributed by atoms with Crippen molar-refractivity contribution in [1.82, 2.24) is 5.32 Å². The summed E-state index contributed by atoms with van der Waals surface area (Å²) in [5.41, 5.74) is 0.762. The second-order valence-electron chi connectivity index (χ2n) is 4.85. The molecule has 1 aromatic rings. The quantitative estimate of drug-likeness (QED) is 0.845. The summed E-state index contributed by atoms with van der Waals surface area (Å²) >= 11 is 5.88. The molecule has 0 heterocycles. The Morgan fingerprint density at radius 3 is 2.82 bits per heavy atom. The van der Waals surface area contributed by atoms with Crippen molar-refractivity contribution < 1.29 is 4.39 Å². The average molecular weight is 256 g/mol. The number of hydrogen-bond donors (Lipinski definition) is 1. The molecule has 17 heavy (non-hydrogen) atoms. The van der Waals surface area contributed by atoms with Gasteiger partial charge in [-0.05, 0) is 30.5 Å². The normalized spacial score (nSPS) is 27.2. The lowest BCUT2D eigenvalue weighted by molar-refractivity contribution is 0.501. The molecule has 0 amide bonds. The van der Waals surface area contributed by atoms with E-state index >= 15 is 0 Å². The van der Waals surface area contributed by atoms with E-state index < -0.39 is 0 Å². The van der Waals surface area contributed by atoms with E-state index in [1.165, 1.54) is 0 Å². The van der Waals surface area contributed by atoms with Crippen LogP contribution in [0.1, 0.15) is 32.3 Å². The molecule has 1 aliphatic carbocycles. The minimum absolute atomic E-state index is 0.0280. The number of rotatable bonds is 5. The molecule has 0 aromatic heterocycles. The van der Waals surface area contributed by atoms with Gasteiger partial charge in [-0.25, -0.2) is 4.39 Å². The van der Waals surface area contributed by atoms with E-state index in [0.29, 0.717) is 5.92 Å². The van der Waals surface area contributed by atoms with Crippen LogP contribution in [0.2, 0.25) is 5.02 Å². The second kappa shape index (κ2) is 4.95. The lowest BCUT2D eigenvalue weighted by atomic mass is 9.91. The van der Waals surface area contributed by atoms with Gasteiger partial charge < -0.3 is 5.32 Å². The Hall–Kier alpha value is -0.600. The standard InChI is InChI=1S/C14H19ClFN/c1-3-10-8-14(10,9-17-4-2)11-6-5-7-12(15)13(11)16/h5-7,10,17H,3-4,8-9H2,1-2H3. The van der Waals surface area contributed by atoms with Crippen molar-refractivity contribution >= 4 is 11.6 Å². The van der Waals surface area contributed by atoms with Gasteiger partial charge >= 0.3 is 0 Å². The Morgan fingerprint density at radius 2 is 2.24 bits per heavy atom. The molecule has 1 nitrogen and oxygen atoms in total. The van der Waals surface area contributed by atoms with E-state index in [0.717, 1.165) is 31.5 Å². The Bertz CT molecular complexity index is 407. The van der Waals surface area contributed by atoms with Gasteiger partial charge in [0.05, 0.1) is 5.02 Å². The van der Waals surface area contributed by atoms with Crippen LogP contribution in [0.3, 0.4) is 0 Å². The smallest absolute Gasteiger partial charge is 0.145 e. The Morgan fingerprint density at radius 1 is 1.47 bits per heavy atom. The first-order valence-electron chi connectivity index (χ1n) is 6.31. The number of likely N-dealkylation sites (N-methyl/N-ethyl adjacent to an activating group) is 1. The molecule has 1 aromatic carbocycles. The third kappa shape index (κ3) is 2.21. The fourth-order valence-corrected chi connectivity index (χ4v) is 2.97. The van der Waals surface area contributed by atoms with Crippen LogP contribution < -0.4 is 5.32 Å². The summed E-state index contributed by atoms with van der Waals surface area (Å²) in [6, 6.07) is 5.35. The summed E-state index contributed by atoms with van der Waals surface area (Å²) in [6.45, 7) is 6.01. The first kappa shape index (κ1) is 12.8. The molecule has 1 saturated carbocycles. The lowest BCUT2D eigenvalue weighted by Gasteiger charge is -2.19. The minimum Gasteiger partial charge on any atom is -0.316 e. The highest BCUT2D eigenvalue weighted by Gasteiger charge is 2.54. The molecule has 0 aliphatic heterocycles. The van der Waals surface area contributed by atoms with Crippen molar-refractivity contribution in [3.63, 3.8) is 0 Å². The molecular weight excluding hydrogens is 237 g/mol. The molecular formula is C14H19ClFN. The van der Waals surface area contributed by atoms with Crippen molar-refractivity contribution in [3.05, 3.63) is 34.6 Å². The van der Waals surface area contributed by atoms with Gasteiger partial charge in [-0.15, -0.1) is 0 Å². The zero-order valence-electron chi connectivity index (χ0n) is 10.4. The van der Waals surface area contributed by atoms with Gasteiger partial charge in [-0.1, -0.05) is 44.0 Å². The van der Waals surface area contributed by atoms with Crippen LogP contribution in [-0.4, -0.2) is 13.1 Å². The SMILES string of the molecule is CCNCC1(c2cccc(Cl)c2F)CC1CC. The van der Waals surface area contributed by atoms with Gasteiger partial charge in [0.1, 0.15) is 5.82 Å². The molecule has 0 spiro atoms. The van der Waals surface area contributed by atoms with Gasteiger partial charge in [-0.2, -0.15) is 0 Å². The van der Waals surface area contributed by atoms with Gasteiger partial charge in [0.2, 0.25) is 0 Å². The predicted octanol–water partition coefficient (Wildman–Crippen LogP) is 3.76. The number of halogens is 2. The summed E-state index contributed by atoms with van der Waals surface area (Å²) in [5, 5.41) is 3.59. The third-order valence-corrected chi connectivity index (χ3v) is 4.20. The topological polar surface area (TPSA) is 12.0 Å². The van der Waals surface area contributed by atoms with Crippen LogP contribution in [0.25, 0.3) is 0 Å². The number of hydrogen-bond acceptors (Lipinski definition) is 1. The van der Waals surface area contributed by atoms with E-state index in [1.807, 2.05) is 12.1 Å². The molecule has 1 fully saturated rings. The van der Waals surface area contributed by atoms with Crippen molar-refractivity contribution in [1.29, 1.82) is 0 Å². The summed E-state index contributed by atoms with van der Waals surface area (Å²) in [5.74, 6) is 0.345. The zero-order chi connectivity index (χ0) is 12.5. The summed E-state index contributed by atoms with van der Waals surface area (Å²) in [6.07, 6.45) is 2.16. The number of benzene rings is 1. The van der Waals surface area contributed by atoms with Gasteiger partial charge in [0.25, 0.3) is 0 Å². The van der Waals surface area contributed by atoms with Crippen molar-refractivity contribution in [2.24, 2.45) is 5.92 Å². The van der Waals surface area contributed by atoms with Crippen LogP contribution in [0.5, 0.6) is 0 Å². The summed E-state index contributed by atoms with van der Waals surface area (Å²) < 4.78 is 14.1. The zero-order valence-corrected chi connectivity index (χ0v) is 11.1. The molecule has 0 radical (unpaired) electrons. The maximum atomic E-state index is 14.1. The summed E-state index contributed by atoms with van der Waals surface area (Å²) in [7, 11) is 0. The average Bonchev–Trinajstić information content (AvgIpc) is 3.05. The van der Waals surface area contributed by atoms with Gasteiger partial charge in [0.15, 0.2) is 0 Å². The molecule has 2 unspecified atom stereocenters. The van der Waals surface area contributed by atoms with Crippen molar-refractivity contribution in [2.75, 3.05) is 13.1 Å². The predicted molar refractivity (Wildman–Crippen MR) is 70.0 cm³/mol. The molecule has 2 rings (SSSR count). The van der Waals surface area contributed by atoms with E-state index in [4.69, 9.17) is 11.6 Å². The highest BCUT2D eigenvalue weighted by atomic mass is 35.5. The van der Waals surface area contributed by atoms with Crippen LogP contribution in [-0.2, 0) is 5.41 Å². The van der Waals surface area contributed by atoms with Crippen molar-refractivity contribution in [3.8, 4) is 0 Å². The second-order valence-corrected chi connectivity index (χ2v) is 5.25. The van der Waals surface area contributed by atoms with Crippen LogP contribution in [0.4, 0.5) is 4.39 Å². The Kier molecular flexibility index (Phi) is 3.74. The van der Waals surface area contributed by atoms with Crippen LogP contribution >= 0.6 is 11.6 Å². The van der Waals surface area contributed by atoms with E-state index in [2.05, 4.69) is 19.2 Å². The van der Waals surface area contributed by atoms with E-state index in [-0.39, 0.29) is 16.3 Å². The maximum Gasteiger partial charge on any atom is 0.145 e. The Balaban J connectivity index is 2.31. The minimum atomic E-state index is -0.233. The Labute approximate surface area is 107 Å². The van der Waals surface area contributed by atoms with E-state index in [9.17, 15) is 4.39 Å². The molecule has 0 bridgehead atoms.